The summed E-state index contributed by atoms with van der Waals surface area (Å²) in [6.45, 7) is 2.20. The third-order valence-electron chi connectivity index (χ3n) is 3.38. The number of pyridine rings is 1. The molecule has 0 saturated carbocycles. The third-order valence-corrected chi connectivity index (χ3v) is 3.38. The van der Waals surface area contributed by atoms with Crippen LogP contribution in [0, 0.1) is 17.6 Å². The van der Waals surface area contributed by atoms with E-state index in [2.05, 4.69) is 10.3 Å². The fourth-order valence-electron chi connectivity index (χ4n) is 2.30. The van der Waals surface area contributed by atoms with Crippen LogP contribution in [0.3, 0.4) is 0 Å². The van der Waals surface area contributed by atoms with Gasteiger partial charge in [0.15, 0.2) is 23.3 Å². The molecule has 106 valence electrons. The van der Waals surface area contributed by atoms with Gasteiger partial charge in [-0.15, -0.1) is 0 Å². The average molecular weight is 271 g/mol. The molecule has 19 heavy (non-hydrogen) atoms. The first kappa shape index (κ1) is 14.0. The number of rotatable bonds is 4. The molecule has 6 heteroatoms. The van der Waals surface area contributed by atoms with Crippen molar-refractivity contribution in [2.45, 2.75) is 12.8 Å². The Kier molecular flexibility index (Phi) is 4.52. The van der Waals surface area contributed by atoms with Crippen molar-refractivity contribution < 1.29 is 13.5 Å². The van der Waals surface area contributed by atoms with Crippen LogP contribution in [-0.4, -0.2) is 38.8 Å². The Morgan fingerprint density at radius 2 is 2.05 bits per heavy atom. The van der Waals surface area contributed by atoms with Gasteiger partial charge >= 0.3 is 0 Å². The van der Waals surface area contributed by atoms with Crippen molar-refractivity contribution in [2.75, 3.05) is 44.1 Å². The second-order valence-corrected chi connectivity index (χ2v) is 4.81. The summed E-state index contributed by atoms with van der Waals surface area (Å²) in [6.07, 6.45) is 1.93. The number of nitrogens with one attached hydrogen (secondary N) is 1. The SMILES string of the molecule is CNc1nc(N(C)CC2CCOCC2)c(F)cc1F. The topological polar surface area (TPSA) is 37.4 Å². The van der Waals surface area contributed by atoms with Gasteiger partial charge in [0.25, 0.3) is 0 Å². The molecule has 1 aliphatic heterocycles. The van der Waals surface area contributed by atoms with Gasteiger partial charge in [-0.3, -0.25) is 0 Å². The largest absolute Gasteiger partial charge is 0.381 e. The van der Waals surface area contributed by atoms with Crippen molar-refractivity contribution in [1.29, 1.82) is 0 Å². The summed E-state index contributed by atoms with van der Waals surface area (Å²) in [7, 11) is 3.34. The Hall–Kier alpha value is -1.43. The summed E-state index contributed by atoms with van der Waals surface area (Å²) in [6, 6.07) is 0.870. The lowest BCUT2D eigenvalue weighted by atomic mass is 10.00. The second kappa shape index (κ2) is 6.14. The third kappa shape index (κ3) is 3.32. The van der Waals surface area contributed by atoms with Crippen LogP contribution in [-0.2, 0) is 4.74 Å². The minimum atomic E-state index is -0.678. The van der Waals surface area contributed by atoms with Crippen LogP contribution in [0.2, 0.25) is 0 Å². The molecule has 0 radical (unpaired) electrons. The molecule has 0 bridgehead atoms. The van der Waals surface area contributed by atoms with Gasteiger partial charge < -0.3 is 15.0 Å². The van der Waals surface area contributed by atoms with E-state index >= 15 is 0 Å². The Morgan fingerprint density at radius 3 is 2.68 bits per heavy atom. The van der Waals surface area contributed by atoms with E-state index in [1.54, 1.807) is 19.0 Å². The van der Waals surface area contributed by atoms with Crippen molar-refractivity contribution in [3.8, 4) is 0 Å². The van der Waals surface area contributed by atoms with E-state index in [1.807, 2.05) is 0 Å². The molecule has 1 aromatic rings. The first-order valence-corrected chi connectivity index (χ1v) is 6.44. The van der Waals surface area contributed by atoms with Gasteiger partial charge in [0.05, 0.1) is 0 Å². The summed E-state index contributed by atoms with van der Waals surface area (Å²) in [5.41, 5.74) is 0. The lowest BCUT2D eigenvalue weighted by Crippen LogP contribution is -2.30. The lowest BCUT2D eigenvalue weighted by molar-refractivity contribution is 0.0684. The first-order valence-electron chi connectivity index (χ1n) is 6.44. The molecule has 2 heterocycles. The van der Waals surface area contributed by atoms with E-state index < -0.39 is 11.6 Å². The summed E-state index contributed by atoms with van der Waals surface area (Å²) in [5.74, 6) is -0.607. The maximum Gasteiger partial charge on any atom is 0.168 e. The number of anilines is 2. The average Bonchev–Trinajstić information content (AvgIpc) is 2.40. The smallest absolute Gasteiger partial charge is 0.168 e. The molecule has 4 nitrogen and oxygen atoms in total. The van der Waals surface area contributed by atoms with Crippen molar-refractivity contribution >= 4 is 11.6 Å². The van der Waals surface area contributed by atoms with Crippen molar-refractivity contribution in [2.24, 2.45) is 5.92 Å². The van der Waals surface area contributed by atoms with Gasteiger partial charge in [-0.1, -0.05) is 0 Å². The first-order chi connectivity index (χ1) is 9.11. The molecular weight excluding hydrogens is 252 g/mol. The Morgan fingerprint density at radius 1 is 1.37 bits per heavy atom. The molecule has 1 saturated heterocycles. The molecule has 0 aliphatic carbocycles. The Balaban J connectivity index is 2.11. The quantitative estimate of drug-likeness (QED) is 0.911. The summed E-state index contributed by atoms with van der Waals surface area (Å²) in [4.78, 5) is 5.73. The number of nitrogens with zero attached hydrogens (tertiary/aromatic N) is 2. The normalized spacial score (nSPS) is 16.4. The number of aromatic nitrogens is 1. The molecule has 0 aromatic carbocycles. The molecule has 1 fully saturated rings. The minimum Gasteiger partial charge on any atom is -0.381 e. The van der Waals surface area contributed by atoms with Gasteiger partial charge in [-0.05, 0) is 18.8 Å². The van der Waals surface area contributed by atoms with Crippen LogP contribution in [0.25, 0.3) is 0 Å². The van der Waals surface area contributed by atoms with E-state index in [0.29, 0.717) is 12.5 Å². The number of ether oxygens (including phenoxy) is 1. The Bertz CT molecular complexity index is 436. The Labute approximate surface area is 111 Å². The predicted octanol–water partition coefficient (Wildman–Crippen LogP) is 2.26. The van der Waals surface area contributed by atoms with E-state index in [9.17, 15) is 8.78 Å². The predicted molar refractivity (Wildman–Crippen MR) is 70.5 cm³/mol. The maximum absolute atomic E-state index is 13.8. The zero-order valence-corrected chi connectivity index (χ0v) is 11.2. The molecule has 1 aromatic heterocycles. The lowest BCUT2D eigenvalue weighted by Gasteiger charge is -2.28. The van der Waals surface area contributed by atoms with Crippen molar-refractivity contribution in [3.05, 3.63) is 17.7 Å². The van der Waals surface area contributed by atoms with Crippen LogP contribution in [0.1, 0.15) is 12.8 Å². The molecule has 1 N–H and O–H groups in total. The highest BCUT2D eigenvalue weighted by atomic mass is 19.1. The van der Waals surface area contributed by atoms with Crippen LogP contribution in [0.5, 0.6) is 0 Å². The molecule has 2 rings (SSSR count). The molecule has 0 amide bonds. The van der Waals surface area contributed by atoms with Crippen LogP contribution in [0.4, 0.5) is 20.4 Å². The summed E-state index contributed by atoms with van der Waals surface area (Å²) >= 11 is 0. The monoisotopic (exact) mass is 271 g/mol. The van der Waals surface area contributed by atoms with E-state index in [1.165, 1.54) is 0 Å². The summed E-state index contributed by atoms with van der Waals surface area (Å²) < 4.78 is 32.4. The van der Waals surface area contributed by atoms with Gasteiger partial charge in [0, 0.05) is 39.9 Å². The van der Waals surface area contributed by atoms with Crippen molar-refractivity contribution in [1.82, 2.24) is 4.98 Å². The minimum absolute atomic E-state index is 0.0650. The number of hydrogen-bond donors (Lipinski definition) is 1. The van der Waals surface area contributed by atoms with E-state index in [0.717, 1.165) is 32.1 Å². The van der Waals surface area contributed by atoms with E-state index in [4.69, 9.17) is 4.74 Å². The molecule has 0 spiro atoms. The molecule has 1 aliphatic rings. The fourth-order valence-corrected chi connectivity index (χ4v) is 2.30. The fraction of sp³-hybridized carbons (Fsp3) is 0.615. The highest BCUT2D eigenvalue weighted by Gasteiger charge is 2.20. The van der Waals surface area contributed by atoms with E-state index in [-0.39, 0.29) is 11.6 Å². The van der Waals surface area contributed by atoms with Crippen LogP contribution in [0.15, 0.2) is 6.07 Å². The maximum atomic E-state index is 13.8. The van der Waals surface area contributed by atoms with Gasteiger partial charge in [-0.2, -0.15) is 0 Å². The molecule has 0 atom stereocenters. The van der Waals surface area contributed by atoms with Gasteiger partial charge in [-0.25, -0.2) is 13.8 Å². The molecule has 0 unspecified atom stereocenters. The van der Waals surface area contributed by atoms with Crippen LogP contribution >= 0.6 is 0 Å². The van der Waals surface area contributed by atoms with Crippen LogP contribution < -0.4 is 10.2 Å². The zero-order chi connectivity index (χ0) is 13.8. The van der Waals surface area contributed by atoms with Gasteiger partial charge in [0.2, 0.25) is 0 Å². The second-order valence-electron chi connectivity index (χ2n) is 4.81. The highest BCUT2D eigenvalue weighted by molar-refractivity contribution is 5.48. The molecular formula is C13H19F2N3O. The zero-order valence-electron chi connectivity index (χ0n) is 11.2. The van der Waals surface area contributed by atoms with Gasteiger partial charge in [0.1, 0.15) is 0 Å². The summed E-state index contributed by atoms with van der Waals surface area (Å²) in [5, 5.41) is 2.62. The highest BCUT2D eigenvalue weighted by Crippen LogP contribution is 2.24. The number of hydrogen-bond acceptors (Lipinski definition) is 4. The van der Waals surface area contributed by atoms with Crippen molar-refractivity contribution in [3.63, 3.8) is 0 Å². The number of halogens is 2. The standard InChI is InChI=1S/C13H19F2N3O/c1-16-12-10(14)7-11(15)13(17-12)18(2)8-9-3-5-19-6-4-9/h7,9H,3-6,8H2,1-2H3,(H,16,17).